The second kappa shape index (κ2) is 4.92. The first-order valence-corrected chi connectivity index (χ1v) is 6.18. The van der Waals surface area contributed by atoms with E-state index in [0.717, 1.165) is 37.7 Å². The SMILES string of the molecule is CCNc1cncc(N2CCOCC2(C)C)c1. The Hall–Kier alpha value is -1.29. The topological polar surface area (TPSA) is 37.4 Å². The summed E-state index contributed by atoms with van der Waals surface area (Å²) in [7, 11) is 0. The van der Waals surface area contributed by atoms with Crippen molar-refractivity contribution in [1.82, 2.24) is 4.98 Å². The molecule has 0 aliphatic carbocycles. The van der Waals surface area contributed by atoms with Crippen LogP contribution >= 0.6 is 0 Å². The van der Waals surface area contributed by atoms with Gasteiger partial charge in [-0.2, -0.15) is 0 Å². The van der Waals surface area contributed by atoms with E-state index in [1.807, 2.05) is 12.4 Å². The zero-order valence-corrected chi connectivity index (χ0v) is 10.9. The van der Waals surface area contributed by atoms with Gasteiger partial charge in [0.05, 0.1) is 42.5 Å². The molecule has 0 radical (unpaired) electrons. The normalized spacial score (nSPS) is 19.1. The van der Waals surface area contributed by atoms with Crippen molar-refractivity contribution in [2.24, 2.45) is 0 Å². The van der Waals surface area contributed by atoms with E-state index in [4.69, 9.17) is 4.74 Å². The van der Waals surface area contributed by atoms with Gasteiger partial charge in [0.15, 0.2) is 0 Å². The van der Waals surface area contributed by atoms with Gasteiger partial charge < -0.3 is 15.0 Å². The molecule has 1 aromatic heterocycles. The molecule has 4 heteroatoms. The highest BCUT2D eigenvalue weighted by Gasteiger charge is 2.30. The highest BCUT2D eigenvalue weighted by molar-refractivity contribution is 5.57. The van der Waals surface area contributed by atoms with Crippen molar-refractivity contribution in [2.45, 2.75) is 26.3 Å². The molecule has 0 bridgehead atoms. The summed E-state index contributed by atoms with van der Waals surface area (Å²) in [5.41, 5.74) is 2.27. The first kappa shape index (κ1) is 12.2. The molecule has 2 heterocycles. The average Bonchev–Trinajstić information content (AvgIpc) is 2.29. The molecule has 1 fully saturated rings. The van der Waals surface area contributed by atoms with Crippen molar-refractivity contribution < 1.29 is 4.74 Å². The van der Waals surface area contributed by atoms with Crippen LogP contribution in [0.15, 0.2) is 18.5 Å². The van der Waals surface area contributed by atoms with Crippen molar-refractivity contribution >= 4 is 11.4 Å². The fourth-order valence-corrected chi connectivity index (χ4v) is 2.21. The molecular weight excluding hydrogens is 214 g/mol. The molecule has 1 aliphatic rings. The summed E-state index contributed by atoms with van der Waals surface area (Å²) >= 11 is 0. The predicted molar refractivity (Wildman–Crippen MR) is 70.6 cm³/mol. The maximum atomic E-state index is 5.54. The van der Waals surface area contributed by atoms with E-state index in [2.05, 4.69) is 42.0 Å². The van der Waals surface area contributed by atoms with Crippen LogP contribution in [0.2, 0.25) is 0 Å². The lowest BCUT2D eigenvalue weighted by Gasteiger charge is -2.43. The molecule has 4 nitrogen and oxygen atoms in total. The number of hydrogen-bond acceptors (Lipinski definition) is 4. The average molecular weight is 235 g/mol. The van der Waals surface area contributed by atoms with Crippen LogP contribution in [0.5, 0.6) is 0 Å². The summed E-state index contributed by atoms with van der Waals surface area (Å²) in [5, 5.41) is 3.29. The molecule has 94 valence electrons. The van der Waals surface area contributed by atoms with Crippen molar-refractivity contribution in [2.75, 3.05) is 36.5 Å². The second-order valence-electron chi connectivity index (χ2n) is 4.98. The zero-order chi connectivity index (χ0) is 12.3. The molecule has 2 rings (SSSR count). The molecule has 17 heavy (non-hydrogen) atoms. The van der Waals surface area contributed by atoms with Crippen molar-refractivity contribution in [1.29, 1.82) is 0 Å². The predicted octanol–water partition coefficient (Wildman–Crippen LogP) is 2.13. The summed E-state index contributed by atoms with van der Waals surface area (Å²) < 4.78 is 5.54. The lowest BCUT2D eigenvalue weighted by molar-refractivity contribution is 0.0644. The Balaban J connectivity index is 2.23. The number of nitrogens with one attached hydrogen (secondary N) is 1. The lowest BCUT2D eigenvalue weighted by Crippen LogP contribution is -2.53. The monoisotopic (exact) mass is 235 g/mol. The first-order chi connectivity index (χ1) is 8.13. The Bertz CT molecular complexity index is 379. The van der Waals surface area contributed by atoms with Gasteiger partial charge in [0.2, 0.25) is 0 Å². The molecule has 1 N–H and O–H groups in total. The summed E-state index contributed by atoms with van der Waals surface area (Å²) in [5.74, 6) is 0. The van der Waals surface area contributed by atoms with Gasteiger partial charge in [0, 0.05) is 13.1 Å². The van der Waals surface area contributed by atoms with Crippen LogP contribution in [-0.2, 0) is 4.74 Å². The van der Waals surface area contributed by atoms with Gasteiger partial charge in [-0.3, -0.25) is 4.98 Å². The van der Waals surface area contributed by atoms with E-state index in [-0.39, 0.29) is 5.54 Å². The van der Waals surface area contributed by atoms with E-state index in [9.17, 15) is 0 Å². The quantitative estimate of drug-likeness (QED) is 0.871. The lowest BCUT2D eigenvalue weighted by atomic mass is 10.0. The third-order valence-corrected chi connectivity index (χ3v) is 3.06. The minimum absolute atomic E-state index is 0.0325. The van der Waals surface area contributed by atoms with E-state index < -0.39 is 0 Å². The molecular formula is C13H21N3O. The van der Waals surface area contributed by atoms with Crippen LogP contribution in [0, 0.1) is 0 Å². The Kier molecular flexibility index (Phi) is 3.52. The molecule has 0 unspecified atom stereocenters. The molecule has 0 amide bonds. The molecule has 0 aromatic carbocycles. The molecule has 0 saturated carbocycles. The van der Waals surface area contributed by atoms with Gasteiger partial charge in [-0.25, -0.2) is 0 Å². The Labute approximate surface area is 103 Å². The summed E-state index contributed by atoms with van der Waals surface area (Å²) in [6.45, 7) is 9.87. The van der Waals surface area contributed by atoms with Crippen LogP contribution in [0.1, 0.15) is 20.8 Å². The number of hydrogen-bond donors (Lipinski definition) is 1. The first-order valence-electron chi connectivity index (χ1n) is 6.18. The molecule has 1 aromatic rings. The second-order valence-corrected chi connectivity index (χ2v) is 4.98. The number of pyridine rings is 1. The summed E-state index contributed by atoms with van der Waals surface area (Å²) in [6.07, 6.45) is 3.79. The van der Waals surface area contributed by atoms with E-state index in [0.29, 0.717) is 0 Å². The van der Waals surface area contributed by atoms with Gasteiger partial charge in [-0.05, 0) is 26.8 Å². The van der Waals surface area contributed by atoms with Gasteiger partial charge in [-0.15, -0.1) is 0 Å². The van der Waals surface area contributed by atoms with Gasteiger partial charge in [-0.1, -0.05) is 0 Å². The van der Waals surface area contributed by atoms with Crippen LogP contribution in [0.3, 0.4) is 0 Å². The minimum Gasteiger partial charge on any atom is -0.384 e. The fourth-order valence-electron chi connectivity index (χ4n) is 2.21. The van der Waals surface area contributed by atoms with Crippen LogP contribution in [0.4, 0.5) is 11.4 Å². The van der Waals surface area contributed by atoms with Gasteiger partial charge >= 0.3 is 0 Å². The maximum Gasteiger partial charge on any atom is 0.0694 e. The largest absolute Gasteiger partial charge is 0.384 e. The minimum atomic E-state index is 0.0325. The van der Waals surface area contributed by atoms with Crippen molar-refractivity contribution in [3.05, 3.63) is 18.5 Å². The zero-order valence-electron chi connectivity index (χ0n) is 10.9. The van der Waals surface area contributed by atoms with E-state index in [1.54, 1.807) is 0 Å². The smallest absolute Gasteiger partial charge is 0.0694 e. The van der Waals surface area contributed by atoms with Crippen molar-refractivity contribution in [3.8, 4) is 0 Å². The summed E-state index contributed by atoms with van der Waals surface area (Å²) in [6, 6.07) is 2.16. The third kappa shape index (κ3) is 2.69. The number of ether oxygens (including phenoxy) is 1. The molecule has 0 atom stereocenters. The number of rotatable bonds is 3. The Morgan fingerprint density at radius 3 is 3.00 bits per heavy atom. The van der Waals surface area contributed by atoms with E-state index >= 15 is 0 Å². The van der Waals surface area contributed by atoms with Gasteiger partial charge in [0.1, 0.15) is 0 Å². The fraction of sp³-hybridized carbons (Fsp3) is 0.615. The molecule has 0 spiro atoms. The number of nitrogens with zero attached hydrogens (tertiary/aromatic N) is 2. The van der Waals surface area contributed by atoms with Gasteiger partial charge in [0.25, 0.3) is 0 Å². The third-order valence-electron chi connectivity index (χ3n) is 3.06. The Morgan fingerprint density at radius 1 is 1.47 bits per heavy atom. The van der Waals surface area contributed by atoms with Crippen LogP contribution in [0.25, 0.3) is 0 Å². The Morgan fingerprint density at radius 2 is 2.29 bits per heavy atom. The van der Waals surface area contributed by atoms with Crippen LogP contribution in [-0.4, -0.2) is 36.8 Å². The number of morpholine rings is 1. The standard InChI is InChI=1S/C13H21N3O/c1-4-15-11-7-12(9-14-8-11)16-5-6-17-10-13(16,2)3/h7-9,15H,4-6,10H2,1-3H3. The van der Waals surface area contributed by atoms with Crippen LogP contribution < -0.4 is 10.2 Å². The number of anilines is 2. The highest BCUT2D eigenvalue weighted by atomic mass is 16.5. The summed E-state index contributed by atoms with van der Waals surface area (Å²) in [4.78, 5) is 6.66. The van der Waals surface area contributed by atoms with E-state index in [1.165, 1.54) is 0 Å². The molecule has 1 aliphatic heterocycles. The van der Waals surface area contributed by atoms with Crippen molar-refractivity contribution in [3.63, 3.8) is 0 Å². The highest BCUT2D eigenvalue weighted by Crippen LogP contribution is 2.27. The molecule has 1 saturated heterocycles. The maximum absolute atomic E-state index is 5.54. The number of aromatic nitrogens is 1.